The summed E-state index contributed by atoms with van der Waals surface area (Å²) in [6.45, 7) is 1.88. The van der Waals surface area contributed by atoms with Crippen molar-refractivity contribution in [2.75, 3.05) is 0 Å². The zero-order valence-electron chi connectivity index (χ0n) is 12.0. The van der Waals surface area contributed by atoms with Gasteiger partial charge in [-0.25, -0.2) is 13.6 Å². The second kappa shape index (κ2) is 5.51. The van der Waals surface area contributed by atoms with Crippen LogP contribution in [0.3, 0.4) is 0 Å². The van der Waals surface area contributed by atoms with E-state index in [-0.39, 0.29) is 17.3 Å². The molecule has 1 heterocycles. The lowest BCUT2D eigenvalue weighted by Crippen LogP contribution is -2.12. The lowest BCUT2D eigenvalue weighted by Gasteiger charge is -2.16. The maximum Gasteiger partial charge on any atom is 0.335 e. The third-order valence-electron chi connectivity index (χ3n) is 4.01. The fourth-order valence-corrected chi connectivity index (χ4v) is 2.57. The van der Waals surface area contributed by atoms with Gasteiger partial charge in [0.15, 0.2) is 0 Å². The average molecular weight is 306 g/mol. The van der Waals surface area contributed by atoms with Crippen molar-refractivity contribution in [1.29, 1.82) is 0 Å². The third kappa shape index (κ3) is 2.73. The van der Waals surface area contributed by atoms with Gasteiger partial charge in [-0.1, -0.05) is 12.1 Å². The van der Waals surface area contributed by atoms with Gasteiger partial charge in [-0.3, -0.25) is 4.68 Å². The molecule has 1 aromatic carbocycles. The minimum atomic E-state index is -2.58. The molecule has 0 bridgehead atoms. The molecule has 0 aliphatic heterocycles. The van der Waals surface area contributed by atoms with Gasteiger partial charge in [0.05, 0.1) is 11.6 Å². The summed E-state index contributed by atoms with van der Waals surface area (Å²) in [5.74, 6) is -0.683. The molecule has 0 spiro atoms. The molecule has 1 aromatic heterocycles. The molecule has 1 N–H and O–H groups in total. The van der Waals surface area contributed by atoms with Crippen LogP contribution in [0.15, 0.2) is 30.3 Å². The Labute approximate surface area is 126 Å². The van der Waals surface area contributed by atoms with Crippen LogP contribution in [0.2, 0.25) is 0 Å². The SMILES string of the molecule is CC(c1ccc(C(=O)O)cc1)n1nc(C(F)F)cc1C1CC1. The van der Waals surface area contributed by atoms with Gasteiger partial charge in [0, 0.05) is 11.6 Å². The van der Waals surface area contributed by atoms with Crippen LogP contribution in [0.4, 0.5) is 8.78 Å². The van der Waals surface area contributed by atoms with Crippen molar-refractivity contribution in [3.63, 3.8) is 0 Å². The Morgan fingerprint density at radius 1 is 1.32 bits per heavy atom. The van der Waals surface area contributed by atoms with Crippen LogP contribution >= 0.6 is 0 Å². The van der Waals surface area contributed by atoms with Crippen LogP contribution in [0.5, 0.6) is 0 Å². The molecule has 1 unspecified atom stereocenters. The molecular weight excluding hydrogens is 290 g/mol. The first-order valence-corrected chi connectivity index (χ1v) is 7.18. The number of carbonyl (C=O) groups is 1. The smallest absolute Gasteiger partial charge is 0.335 e. The van der Waals surface area contributed by atoms with E-state index in [1.54, 1.807) is 16.8 Å². The van der Waals surface area contributed by atoms with Crippen LogP contribution in [-0.4, -0.2) is 20.9 Å². The quantitative estimate of drug-likeness (QED) is 0.908. The fourth-order valence-electron chi connectivity index (χ4n) is 2.57. The van der Waals surface area contributed by atoms with Crippen molar-refractivity contribution in [2.45, 2.75) is 38.2 Å². The fraction of sp³-hybridized carbons (Fsp3) is 0.375. The average Bonchev–Trinajstić information content (AvgIpc) is 3.25. The largest absolute Gasteiger partial charge is 0.478 e. The van der Waals surface area contributed by atoms with E-state index in [1.165, 1.54) is 18.2 Å². The highest BCUT2D eigenvalue weighted by atomic mass is 19.3. The normalized spacial score (nSPS) is 16.0. The Hall–Kier alpha value is -2.24. The Morgan fingerprint density at radius 2 is 1.95 bits per heavy atom. The van der Waals surface area contributed by atoms with Gasteiger partial charge in [0.2, 0.25) is 0 Å². The van der Waals surface area contributed by atoms with E-state index >= 15 is 0 Å². The summed E-state index contributed by atoms with van der Waals surface area (Å²) in [7, 11) is 0. The minimum absolute atomic E-state index is 0.198. The van der Waals surface area contributed by atoms with Gasteiger partial charge in [0.25, 0.3) is 6.43 Å². The third-order valence-corrected chi connectivity index (χ3v) is 4.01. The van der Waals surface area contributed by atoms with Crippen molar-refractivity contribution in [1.82, 2.24) is 9.78 Å². The van der Waals surface area contributed by atoms with Crippen LogP contribution in [-0.2, 0) is 0 Å². The molecule has 2 aromatic rings. The van der Waals surface area contributed by atoms with Crippen LogP contribution in [0.25, 0.3) is 0 Å². The van der Waals surface area contributed by atoms with Gasteiger partial charge in [0.1, 0.15) is 5.69 Å². The summed E-state index contributed by atoms with van der Waals surface area (Å²) in [4.78, 5) is 10.9. The maximum atomic E-state index is 12.9. The second-order valence-corrected chi connectivity index (χ2v) is 5.62. The summed E-state index contributed by atoms with van der Waals surface area (Å²) >= 11 is 0. The molecule has 0 saturated heterocycles. The van der Waals surface area contributed by atoms with E-state index in [4.69, 9.17) is 5.11 Å². The number of benzene rings is 1. The molecular formula is C16H16F2N2O2. The summed E-state index contributed by atoms with van der Waals surface area (Å²) in [5, 5.41) is 13.0. The van der Waals surface area contributed by atoms with Crippen molar-refractivity contribution < 1.29 is 18.7 Å². The molecule has 1 aliphatic carbocycles. The van der Waals surface area contributed by atoms with E-state index in [0.29, 0.717) is 5.92 Å². The van der Waals surface area contributed by atoms with Crippen LogP contribution in [0, 0.1) is 0 Å². The first kappa shape index (κ1) is 14.7. The van der Waals surface area contributed by atoms with Crippen LogP contribution < -0.4 is 0 Å². The van der Waals surface area contributed by atoms with E-state index in [9.17, 15) is 13.6 Å². The zero-order chi connectivity index (χ0) is 15.9. The number of rotatable bonds is 5. The molecule has 0 amide bonds. The maximum absolute atomic E-state index is 12.9. The lowest BCUT2D eigenvalue weighted by molar-refractivity contribution is 0.0697. The Bertz CT molecular complexity index is 691. The molecule has 0 radical (unpaired) electrons. The summed E-state index contributed by atoms with van der Waals surface area (Å²) < 4.78 is 27.5. The molecule has 4 nitrogen and oxygen atoms in total. The lowest BCUT2D eigenvalue weighted by atomic mass is 10.1. The Kier molecular flexibility index (Phi) is 3.68. The molecule has 3 rings (SSSR count). The number of hydrogen-bond donors (Lipinski definition) is 1. The van der Waals surface area contributed by atoms with Crippen molar-refractivity contribution >= 4 is 5.97 Å². The number of carboxylic acids is 1. The molecule has 116 valence electrons. The highest BCUT2D eigenvalue weighted by Crippen LogP contribution is 2.42. The number of halogens is 2. The van der Waals surface area contributed by atoms with E-state index in [0.717, 1.165) is 24.1 Å². The van der Waals surface area contributed by atoms with E-state index in [1.807, 2.05) is 6.92 Å². The molecule has 1 fully saturated rings. The minimum Gasteiger partial charge on any atom is -0.478 e. The van der Waals surface area contributed by atoms with Crippen molar-refractivity contribution in [3.8, 4) is 0 Å². The summed E-state index contributed by atoms with van der Waals surface area (Å²) in [5.41, 5.74) is 1.68. The first-order chi connectivity index (χ1) is 10.5. The summed E-state index contributed by atoms with van der Waals surface area (Å²) in [6, 6.07) is 7.71. The van der Waals surface area contributed by atoms with Gasteiger partial charge in [-0.2, -0.15) is 5.10 Å². The van der Waals surface area contributed by atoms with Crippen molar-refractivity contribution in [3.05, 3.63) is 52.8 Å². The standard InChI is InChI=1S/C16H16F2N2O2/c1-9(10-2-6-12(7-3-10)16(21)22)20-14(11-4-5-11)8-13(19-20)15(17)18/h2-3,6-9,11,15H,4-5H2,1H3,(H,21,22). The van der Waals surface area contributed by atoms with Gasteiger partial charge < -0.3 is 5.11 Å². The number of nitrogens with zero attached hydrogens (tertiary/aromatic N) is 2. The number of alkyl halides is 2. The number of aromatic carboxylic acids is 1. The van der Waals surface area contributed by atoms with Gasteiger partial charge in [-0.05, 0) is 43.5 Å². The predicted octanol–water partition coefficient (Wildman–Crippen LogP) is 4.01. The highest BCUT2D eigenvalue weighted by Gasteiger charge is 2.31. The Balaban J connectivity index is 1.93. The summed E-state index contributed by atoms with van der Waals surface area (Å²) in [6.07, 6.45) is -0.585. The van der Waals surface area contributed by atoms with Gasteiger partial charge in [-0.15, -0.1) is 0 Å². The van der Waals surface area contributed by atoms with E-state index < -0.39 is 12.4 Å². The van der Waals surface area contributed by atoms with E-state index in [2.05, 4.69) is 5.10 Å². The Morgan fingerprint density at radius 3 is 2.45 bits per heavy atom. The topological polar surface area (TPSA) is 55.1 Å². The van der Waals surface area contributed by atoms with Crippen molar-refractivity contribution in [2.24, 2.45) is 0 Å². The molecule has 1 saturated carbocycles. The highest BCUT2D eigenvalue weighted by molar-refractivity contribution is 5.87. The molecule has 6 heteroatoms. The molecule has 1 atom stereocenters. The monoisotopic (exact) mass is 306 g/mol. The number of hydrogen-bond acceptors (Lipinski definition) is 2. The zero-order valence-corrected chi connectivity index (χ0v) is 12.0. The van der Waals surface area contributed by atoms with Crippen LogP contribution in [0.1, 0.15) is 65.5 Å². The predicted molar refractivity (Wildman–Crippen MR) is 76.4 cm³/mol. The number of aromatic nitrogens is 2. The second-order valence-electron chi connectivity index (χ2n) is 5.62. The molecule has 22 heavy (non-hydrogen) atoms. The first-order valence-electron chi connectivity index (χ1n) is 7.18. The van der Waals surface area contributed by atoms with Gasteiger partial charge >= 0.3 is 5.97 Å². The number of carboxylic acid groups (broad SMARTS) is 1. The molecule has 1 aliphatic rings.